The molecule has 0 saturated carbocycles. The van der Waals surface area contributed by atoms with Gasteiger partial charge >= 0.3 is 0 Å². The lowest BCUT2D eigenvalue weighted by molar-refractivity contribution is 0.0306. The molecule has 0 saturated heterocycles. The number of ether oxygens (including phenoxy) is 1. The molecule has 2 unspecified atom stereocenters. The van der Waals surface area contributed by atoms with Crippen molar-refractivity contribution in [3.63, 3.8) is 0 Å². The van der Waals surface area contributed by atoms with Crippen LogP contribution in [0.3, 0.4) is 0 Å². The number of likely N-dealkylation sites (N-methyl/N-ethyl adjacent to an activating group) is 1. The van der Waals surface area contributed by atoms with E-state index in [1.54, 1.807) is 0 Å². The first-order valence-electron chi connectivity index (χ1n) is 7.73. The fourth-order valence-corrected chi connectivity index (χ4v) is 2.50. The molecule has 2 nitrogen and oxygen atoms in total. The normalized spacial score (nSPS) is 14.3. The number of hydrogen-bond donors (Lipinski definition) is 1. The summed E-state index contributed by atoms with van der Waals surface area (Å²) in [5.41, 5.74) is 1.28. The second kappa shape index (κ2) is 9.99. The van der Waals surface area contributed by atoms with E-state index in [1.807, 2.05) is 0 Å². The second-order valence-corrected chi connectivity index (χ2v) is 4.95. The maximum atomic E-state index is 6.01. The highest BCUT2D eigenvalue weighted by Gasteiger charge is 2.22. The largest absolute Gasteiger partial charge is 0.372 e. The van der Waals surface area contributed by atoms with Crippen LogP contribution in [0.2, 0.25) is 0 Å². The molecular weight excluding hydrogens is 234 g/mol. The van der Waals surface area contributed by atoms with Crippen LogP contribution in [0.25, 0.3) is 0 Å². The summed E-state index contributed by atoms with van der Waals surface area (Å²) in [6.07, 6.45) is 5.19. The Morgan fingerprint density at radius 1 is 1.05 bits per heavy atom. The van der Waals surface area contributed by atoms with Gasteiger partial charge in [-0.05, 0) is 25.5 Å². The maximum absolute atomic E-state index is 6.01. The van der Waals surface area contributed by atoms with E-state index in [0.717, 1.165) is 13.2 Å². The van der Waals surface area contributed by atoms with Gasteiger partial charge in [-0.2, -0.15) is 0 Å². The molecule has 0 radical (unpaired) electrons. The smallest absolute Gasteiger partial charge is 0.0977 e. The predicted octanol–water partition coefficient (Wildman–Crippen LogP) is 4.32. The SMILES string of the molecule is CCCCCC(NCC)C(OCC)c1ccccc1. The van der Waals surface area contributed by atoms with Crippen LogP contribution in [-0.4, -0.2) is 19.2 Å². The van der Waals surface area contributed by atoms with E-state index in [1.165, 1.54) is 31.2 Å². The van der Waals surface area contributed by atoms with Crippen LogP contribution in [0.15, 0.2) is 30.3 Å². The van der Waals surface area contributed by atoms with Gasteiger partial charge in [0.1, 0.15) is 0 Å². The molecule has 0 heterocycles. The van der Waals surface area contributed by atoms with Crippen molar-refractivity contribution in [1.82, 2.24) is 5.32 Å². The molecule has 2 atom stereocenters. The van der Waals surface area contributed by atoms with Gasteiger partial charge in [-0.1, -0.05) is 63.4 Å². The predicted molar refractivity (Wildman–Crippen MR) is 82.4 cm³/mol. The Balaban J connectivity index is 2.73. The minimum atomic E-state index is 0.169. The second-order valence-electron chi connectivity index (χ2n) is 4.95. The molecule has 1 rings (SSSR count). The highest BCUT2D eigenvalue weighted by atomic mass is 16.5. The first-order valence-corrected chi connectivity index (χ1v) is 7.73. The Morgan fingerprint density at radius 3 is 2.37 bits per heavy atom. The van der Waals surface area contributed by atoms with Crippen molar-refractivity contribution in [3.8, 4) is 0 Å². The Kier molecular flexibility index (Phi) is 8.52. The van der Waals surface area contributed by atoms with Crippen LogP contribution in [0, 0.1) is 0 Å². The van der Waals surface area contributed by atoms with Crippen molar-refractivity contribution >= 4 is 0 Å². The molecule has 1 aromatic rings. The van der Waals surface area contributed by atoms with Gasteiger partial charge in [0.15, 0.2) is 0 Å². The zero-order chi connectivity index (χ0) is 13.9. The number of benzene rings is 1. The summed E-state index contributed by atoms with van der Waals surface area (Å²) in [4.78, 5) is 0. The van der Waals surface area contributed by atoms with E-state index < -0.39 is 0 Å². The average molecular weight is 263 g/mol. The highest BCUT2D eigenvalue weighted by Crippen LogP contribution is 2.24. The van der Waals surface area contributed by atoms with Gasteiger partial charge in [0.05, 0.1) is 6.10 Å². The molecule has 1 aromatic carbocycles. The van der Waals surface area contributed by atoms with E-state index in [0.29, 0.717) is 6.04 Å². The summed E-state index contributed by atoms with van der Waals surface area (Å²) < 4.78 is 6.01. The van der Waals surface area contributed by atoms with Gasteiger partial charge in [0.25, 0.3) is 0 Å². The first-order chi connectivity index (χ1) is 9.33. The van der Waals surface area contributed by atoms with Crippen LogP contribution in [-0.2, 0) is 4.74 Å². The molecule has 0 aliphatic rings. The van der Waals surface area contributed by atoms with Gasteiger partial charge in [-0.3, -0.25) is 0 Å². The summed E-state index contributed by atoms with van der Waals surface area (Å²) in [7, 11) is 0. The molecule has 0 aromatic heterocycles. The molecule has 0 aliphatic carbocycles. The van der Waals surface area contributed by atoms with Gasteiger partial charge in [0, 0.05) is 12.6 Å². The minimum Gasteiger partial charge on any atom is -0.372 e. The quantitative estimate of drug-likeness (QED) is 0.635. The molecule has 0 spiro atoms. The summed E-state index contributed by atoms with van der Waals surface area (Å²) in [6, 6.07) is 11.0. The lowest BCUT2D eigenvalue weighted by atomic mass is 9.97. The van der Waals surface area contributed by atoms with Crippen LogP contribution in [0.5, 0.6) is 0 Å². The van der Waals surface area contributed by atoms with Crippen LogP contribution >= 0.6 is 0 Å². The first kappa shape index (κ1) is 16.2. The lowest BCUT2D eigenvalue weighted by Crippen LogP contribution is -2.36. The fourth-order valence-electron chi connectivity index (χ4n) is 2.50. The third-order valence-corrected chi connectivity index (χ3v) is 3.42. The summed E-state index contributed by atoms with van der Waals surface area (Å²) in [5.74, 6) is 0. The van der Waals surface area contributed by atoms with Crippen LogP contribution in [0.1, 0.15) is 58.1 Å². The molecule has 2 heteroatoms. The van der Waals surface area contributed by atoms with Crippen molar-refractivity contribution in [1.29, 1.82) is 0 Å². The van der Waals surface area contributed by atoms with Gasteiger partial charge in [-0.15, -0.1) is 0 Å². The van der Waals surface area contributed by atoms with Crippen LogP contribution in [0.4, 0.5) is 0 Å². The van der Waals surface area contributed by atoms with E-state index in [-0.39, 0.29) is 6.10 Å². The van der Waals surface area contributed by atoms with Crippen molar-refractivity contribution in [3.05, 3.63) is 35.9 Å². The van der Waals surface area contributed by atoms with Gasteiger partial charge in [-0.25, -0.2) is 0 Å². The zero-order valence-electron chi connectivity index (χ0n) is 12.7. The molecule has 0 bridgehead atoms. The van der Waals surface area contributed by atoms with E-state index >= 15 is 0 Å². The number of nitrogens with one attached hydrogen (secondary N) is 1. The Bertz CT molecular complexity index is 312. The van der Waals surface area contributed by atoms with E-state index in [4.69, 9.17) is 4.74 Å². The monoisotopic (exact) mass is 263 g/mol. The number of unbranched alkanes of at least 4 members (excludes halogenated alkanes) is 2. The number of hydrogen-bond acceptors (Lipinski definition) is 2. The van der Waals surface area contributed by atoms with Crippen molar-refractivity contribution < 1.29 is 4.74 Å². The van der Waals surface area contributed by atoms with E-state index in [2.05, 4.69) is 56.4 Å². The molecule has 1 N–H and O–H groups in total. The fraction of sp³-hybridized carbons (Fsp3) is 0.647. The minimum absolute atomic E-state index is 0.169. The molecule has 0 amide bonds. The topological polar surface area (TPSA) is 21.3 Å². The average Bonchev–Trinajstić information content (AvgIpc) is 2.45. The summed E-state index contributed by atoms with van der Waals surface area (Å²) in [5, 5.41) is 3.60. The number of rotatable bonds is 10. The highest BCUT2D eigenvalue weighted by molar-refractivity contribution is 5.19. The third-order valence-electron chi connectivity index (χ3n) is 3.42. The summed E-state index contributed by atoms with van der Waals surface area (Å²) in [6.45, 7) is 8.24. The van der Waals surface area contributed by atoms with Crippen LogP contribution < -0.4 is 5.32 Å². The Labute approximate surface area is 118 Å². The maximum Gasteiger partial charge on any atom is 0.0977 e. The lowest BCUT2D eigenvalue weighted by Gasteiger charge is -2.28. The molecule has 108 valence electrons. The zero-order valence-corrected chi connectivity index (χ0v) is 12.7. The molecule has 0 aliphatic heterocycles. The van der Waals surface area contributed by atoms with Crippen molar-refractivity contribution in [2.75, 3.05) is 13.2 Å². The van der Waals surface area contributed by atoms with Gasteiger partial charge < -0.3 is 10.1 Å². The third kappa shape index (κ3) is 5.75. The van der Waals surface area contributed by atoms with E-state index in [9.17, 15) is 0 Å². The Hall–Kier alpha value is -0.860. The standard InChI is InChI=1S/C17H29NO/c1-4-7-9-14-16(18-5-2)17(19-6-3)15-12-10-8-11-13-15/h8,10-13,16-18H,4-7,9,14H2,1-3H3. The molecule has 0 fully saturated rings. The molecule has 19 heavy (non-hydrogen) atoms. The van der Waals surface area contributed by atoms with Crippen molar-refractivity contribution in [2.45, 2.75) is 58.6 Å². The Morgan fingerprint density at radius 2 is 1.79 bits per heavy atom. The van der Waals surface area contributed by atoms with Gasteiger partial charge in [0.2, 0.25) is 0 Å². The van der Waals surface area contributed by atoms with Crippen molar-refractivity contribution in [2.24, 2.45) is 0 Å². The summed E-state index contributed by atoms with van der Waals surface area (Å²) >= 11 is 0. The molecular formula is C17H29NO.